The van der Waals surface area contributed by atoms with E-state index in [9.17, 15) is 0 Å². The minimum atomic E-state index is 0.746. The fourth-order valence-electron chi connectivity index (χ4n) is 4.31. The van der Waals surface area contributed by atoms with Gasteiger partial charge in [-0.3, -0.25) is 4.90 Å². The number of nitrogens with zero attached hydrogens (tertiary/aromatic N) is 1. The Labute approximate surface area is 99.8 Å². The molecule has 3 aliphatic rings. The van der Waals surface area contributed by atoms with Gasteiger partial charge in [0.1, 0.15) is 0 Å². The van der Waals surface area contributed by atoms with Crippen LogP contribution in [-0.4, -0.2) is 36.1 Å². The van der Waals surface area contributed by atoms with Gasteiger partial charge in [-0.15, -0.1) is 0 Å². The molecule has 2 aliphatic carbocycles. The van der Waals surface area contributed by atoms with Crippen molar-refractivity contribution in [3.05, 3.63) is 0 Å². The van der Waals surface area contributed by atoms with Gasteiger partial charge < -0.3 is 5.32 Å². The maximum atomic E-state index is 3.67. The SMILES string of the molecule is CCC1CN(C2CC3CCC2C3)C(C)CN1. The molecule has 2 heteroatoms. The van der Waals surface area contributed by atoms with Gasteiger partial charge in [0.05, 0.1) is 0 Å². The van der Waals surface area contributed by atoms with E-state index in [1.165, 1.54) is 45.2 Å². The van der Waals surface area contributed by atoms with Crippen molar-refractivity contribution in [1.82, 2.24) is 10.2 Å². The van der Waals surface area contributed by atoms with E-state index in [4.69, 9.17) is 0 Å². The van der Waals surface area contributed by atoms with Crippen LogP contribution < -0.4 is 5.32 Å². The van der Waals surface area contributed by atoms with E-state index in [-0.39, 0.29) is 0 Å². The Bertz CT molecular complexity index is 253. The van der Waals surface area contributed by atoms with Crippen LogP contribution in [0.5, 0.6) is 0 Å². The number of nitrogens with one attached hydrogen (secondary N) is 1. The molecule has 5 atom stereocenters. The molecule has 1 N–H and O–H groups in total. The molecule has 2 nitrogen and oxygen atoms in total. The summed E-state index contributed by atoms with van der Waals surface area (Å²) in [5, 5.41) is 3.67. The van der Waals surface area contributed by atoms with Gasteiger partial charge in [-0.05, 0) is 44.4 Å². The zero-order valence-corrected chi connectivity index (χ0v) is 10.8. The maximum absolute atomic E-state index is 3.67. The number of rotatable bonds is 2. The van der Waals surface area contributed by atoms with Crippen LogP contribution in [0.4, 0.5) is 0 Å². The Kier molecular flexibility index (Phi) is 2.97. The van der Waals surface area contributed by atoms with E-state index in [1.807, 2.05) is 0 Å². The largest absolute Gasteiger partial charge is 0.311 e. The number of piperazine rings is 1. The summed E-state index contributed by atoms with van der Waals surface area (Å²) in [6.45, 7) is 7.22. The summed E-state index contributed by atoms with van der Waals surface area (Å²) in [6.07, 6.45) is 7.37. The molecule has 92 valence electrons. The highest BCUT2D eigenvalue weighted by atomic mass is 15.3. The first-order valence-corrected chi connectivity index (χ1v) is 7.27. The summed E-state index contributed by atoms with van der Waals surface area (Å²) in [5.41, 5.74) is 0. The lowest BCUT2D eigenvalue weighted by atomic mass is 9.91. The lowest BCUT2D eigenvalue weighted by Gasteiger charge is -2.44. The van der Waals surface area contributed by atoms with Crippen molar-refractivity contribution in [3.63, 3.8) is 0 Å². The third kappa shape index (κ3) is 1.80. The van der Waals surface area contributed by atoms with Gasteiger partial charge in [-0.2, -0.15) is 0 Å². The second-order valence-electron chi connectivity index (χ2n) is 6.30. The summed E-state index contributed by atoms with van der Waals surface area (Å²) in [5.74, 6) is 2.13. The lowest BCUT2D eigenvalue weighted by Crippen LogP contribution is -2.59. The summed E-state index contributed by atoms with van der Waals surface area (Å²) in [6, 6.07) is 2.44. The molecule has 1 saturated heterocycles. The molecule has 2 saturated carbocycles. The summed E-state index contributed by atoms with van der Waals surface area (Å²) in [4.78, 5) is 2.84. The van der Waals surface area contributed by atoms with Crippen LogP contribution in [0, 0.1) is 11.8 Å². The van der Waals surface area contributed by atoms with Crippen molar-refractivity contribution in [3.8, 4) is 0 Å². The number of fused-ring (bicyclic) bond motifs is 2. The minimum Gasteiger partial charge on any atom is -0.311 e. The molecule has 0 aromatic rings. The van der Waals surface area contributed by atoms with Crippen LogP contribution in [0.2, 0.25) is 0 Å². The second-order valence-corrected chi connectivity index (χ2v) is 6.30. The van der Waals surface area contributed by atoms with Crippen molar-refractivity contribution >= 4 is 0 Å². The molecule has 0 aromatic heterocycles. The molecular weight excluding hydrogens is 196 g/mol. The van der Waals surface area contributed by atoms with Crippen LogP contribution in [0.15, 0.2) is 0 Å². The fourth-order valence-corrected chi connectivity index (χ4v) is 4.31. The van der Waals surface area contributed by atoms with Crippen molar-refractivity contribution in [2.45, 2.75) is 64.1 Å². The standard InChI is InChI=1S/C14H26N2/c1-3-13-9-16(10(2)8-15-13)14-7-11-4-5-12(14)6-11/h10-15H,3-9H2,1-2H3. The predicted octanol–water partition coefficient (Wildman–Crippen LogP) is 2.25. The quantitative estimate of drug-likeness (QED) is 0.771. The average molecular weight is 222 g/mol. The van der Waals surface area contributed by atoms with Gasteiger partial charge >= 0.3 is 0 Å². The van der Waals surface area contributed by atoms with Gasteiger partial charge in [-0.1, -0.05) is 13.3 Å². The minimum absolute atomic E-state index is 0.746. The van der Waals surface area contributed by atoms with Gasteiger partial charge in [0.25, 0.3) is 0 Å². The van der Waals surface area contributed by atoms with Gasteiger partial charge in [0.15, 0.2) is 0 Å². The van der Waals surface area contributed by atoms with E-state index in [2.05, 4.69) is 24.1 Å². The van der Waals surface area contributed by atoms with Crippen LogP contribution >= 0.6 is 0 Å². The van der Waals surface area contributed by atoms with Crippen molar-refractivity contribution in [2.24, 2.45) is 11.8 Å². The molecule has 3 rings (SSSR count). The third-order valence-electron chi connectivity index (χ3n) is 5.32. The molecule has 0 aromatic carbocycles. The van der Waals surface area contributed by atoms with Crippen molar-refractivity contribution in [2.75, 3.05) is 13.1 Å². The Morgan fingerprint density at radius 1 is 1.25 bits per heavy atom. The Morgan fingerprint density at radius 3 is 2.75 bits per heavy atom. The number of hydrogen-bond acceptors (Lipinski definition) is 2. The number of hydrogen-bond donors (Lipinski definition) is 1. The van der Waals surface area contributed by atoms with Crippen LogP contribution in [0.3, 0.4) is 0 Å². The summed E-state index contributed by atoms with van der Waals surface area (Å²) in [7, 11) is 0. The monoisotopic (exact) mass is 222 g/mol. The molecule has 5 unspecified atom stereocenters. The first-order valence-electron chi connectivity index (χ1n) is 7.27. The molecule has 1 aliphatic heterocycles. The molecule has 0 amide bonds. The topological polar surface area (TPSA) is 15.3 Å². The first-order chi connectivity index (χ1) is 7.78. The van der Waals surface area contributed by atoms with Crippen LogP contribution in [0.25, 0.3) is 0 Å². The third-order valence-corrected chi connectivity index (χ3v) is 5.32. The van der Waals surface area contributed by atoms with Crippen molar-refractivity contribution in [1.29, 1.82) is 0 Å². The molecule has 1 heterocycles. The molecule has 0 radical (unpaired) electrons. The Hall–Kier alpha value is -0.0800. The predicted molar refractivity (Wildman–Crippen MR) is 67.5 cm³/mol. The Morgan fingerprint density at radius 2 is 2.12 bits per heavy atom. The zero-order chi connectivity index (χ0) is 11.1. The van der Waals surface area contributed by atoms with E-state index in [0.717, 1.165) is 30.0 Å². The smallest absolute Gasteiger partial charge is 0.0196 e. The highest BCUT2D eigenvalue weighted by Crippen LogP contribution is 2.47. The molecular formula is C14H26N2. The summed E-state index contributed by atoms with van der Waals surface area (Å²) >= 11 is 0. The highest BCUT2D eigenvalue weighted by Gasteiger charge is 2.44. The summed E-state index contributed by atoms with van der Waals surface area (Å²) < 4.78 is 0. The second kappa shape index (κ2) is 4.30. The van der Waals surface area contributed by atoms with E-state index >= 15 is 0 Å². The molecule has 0 spiro atoms. The highest BCUT2D eigenvalue weighted by molar-refractivity contribution is 4.99. The first kappa shape index (κ1) is 11.0. The van der Waals surface area contributed by atoms with Gasteiger partial charge in [0.2, 0.25) is 0 Å². The molecule has 16 heavy (non-hydrogen) atoms. The normalized spacial score (nSPS) is 48.8. The van der Waals surface area contributed by atoms with Gasteiger partial charge in [0, 0.05) is 31.2 Å². The van der Waals surface area contributed by atoms with E-state index < -0.39 is 0 Å². The lowest BCUT2D eigenvalue weighted by molar-refractivity contribution is 0.0602. The molecule has 3 fully saturated rings. The fraction of sp³-hybridized carbons (Fsp3) is 1.00. The molecule has 2 bridgehead atoms. The van der Waals surface area contributed by atoms with E-state index in [1.54, 1.807) is 0 Å². The van der Waals surface area contributed by atoms with Crippen molar-refractivity contribution < 1.29 is 0 Å². The zero-order valence-electron chi connectivity index (χ0n) is 10.8. The van der Waals surface area contributed by atoms with E-state index in [0.29, 0.717) is 0 Å². The maximum Gasteiger partial charge on any atom is 0.0196 e. The van der Waals surface area contributed by atoms with Crippen LogP contribution in [-0.2, 0) is 0 Å². The Balaban J connectivity index is 1.68. The van der Waals surface area contributed by atoms with Crippen LogP contribution in [0.1, 0.15) is 46.0 Å². The van der Waals surface area contributed by atoms with Gasteiger partial charge in [-0.25, -0.2) is 0 Å². The average Bonchev–Trinajstić information content (AvgIpc) is 2.91.